The fourth-order valence-corrected chi connectivity index (χ4v) is 2.70. The maximum absolute atomic E-state index is 12.3. The van der Waals surface area contributed by atoms with Gasteiger partial charge in [-0.05, 0) is 18.4 Å². The monoisotopic (exact) mass is 260 g/mol. The molecule has 1 saturated heterocycles. The van der Waals surface area contributed by atoms with E-state index in [1.54, 1.807) is 0 Å². The van der Waals surface area contributed by atoms with Gasteiger partial charge in [0.25, 0.3) is 0 Å². The van der Waals surface area contributed by atoms with Gasteiger partial charge in [0.1, 0.15) is 0 Å². The summed E-state index contributed by atoms with van der Waals surface area (Å²) in [4.78, 5) is 14.3. The molecule has 0 saturated carbocycles. The maximum atomic E-state index is 12.3. The van der Waals surface area contributed by atoms with Gasteiger partial charge in [0, 0.05) is 25.6 Å². The van der Waals surface area contributed by atoms with Gasteiger partial charge >= 0.3 is 0 Å². The van der Waals surface area contributed by atoms with E-state index in [4.69, 9.17) is 0 Å². The predicted octanol–water partition coefficient (Wildman–Crippen LogP) is 2.74. The summed E-state index contributed by atoms with van der Waals surface area (Å²) < 4.78 is 0. The highest BCUT2D eigenvalue weighted by atomic mass is 16.2. The smallest absolute Gasteiger partial charge is 0.224 e. The molecule has 3 heteroatoms. The second-order valence-corrected chi connectivity index (χ2v) is 5.51. The zero-order chi connectivity index (χ0) is 13.7. The lowest BCUT2D eigenvalue weighted by molar-refractivity contribution is -0.132. The Morgan fingerprint density at radius 2 is 2.11 bits per heavy atom. The van der Waals surface area contributed by atoms with Crippen LogP contribution in [0.15, 0.2) is 30.3 Å². The standard InChI is InChI=1S/C16H24N2O/c1-13(2)17-11-10-16(19)18-12-6-9-15(18)14-7-4-3-5-8-14/h3-5,7-8,13,15,17H,6,9-12H2,1-2H3. The zero-order valence-electron chi connectivity index (χ0n) is 11.9. The number of hydrogen-bond donors (Lipinski definition) is 1. The fraction of sp³-hybridized carbons (Fsp3) is 0.562. The third-order valence-electron chi connectivity index (χ3n) is 3.65. The Bertz CT molecular complexity index is 402. The maximum Gasteiger partial charge on any atom is 0.224 e. The predicted molar refractivity (Wildman–Crippen MR) is 77.9 cm³/mol. The van der Waals surface area contributed by atoms with Crippen molar-refractivity contribution in [2.45, 2.75) is 45.2 Å². The lowest BCUT2D eigenvalue weighted by Gasteiger charge is -2.25. The molecule has 1 atom stereocenters. The van der Waals surface area contributed by atoms with Gasteiger partial charge in [-0.3, -0.25) is 4.79 Å². The normalized spacial score (nSPS) is 19.1. The minimum absolute atomic E-state index is 0.277. The number of rotatable bonds is 5. The molecule has 0 aromatic heterocycles. The Hall–Kier alpha value is -1.35. The van der Waals surface area contributed by atoms with Crippen LogP contribution in [0.3, 0.4) is 0 Å². The summed E-state index contributed by atoms with van der Waals surface area (Å²) >= 11 is 0. The first-order valence-corrected chi connectivity index (χ1v) is 7.26. The molecule has 0 radical (unpaired) electrons. The third-order valence-corrected chi connectivity index (χ3v) is 3.65. The van der Waals surface area contributed by atoms with E-state index in [2.05, 4.69) is 48.3 Å². The molecule has 1 N–H and O–H groups in total. The van der Waals surface area contributed by atoms with Crippen molar-refractivity contribution in [1.29, 1.82) is 0 Å². The number of carbonyl (C=O) groups excluding carboxylic acids is 1. The van der Waals surface area contributed by atoms with Gasteiger partial charge in [-0.1, -0.05) is 44.2 Å². The fourth-order valence-electron chi connectivity index (χ4n) is 2.70. The van der Waals surface area contributed by atoms with Crippen LogP contribution in [-0.4, -0.2) is 29.9 Å². The van der Waals surface area contributed by atoms with Crippen LogP contribution in [-0.2, 0) is 4.79 Å². The minimum atomic E-state index is 0.277. The van der Waals surface area contributed by atoms with Crippen molar-refractivity contribution in [2.24, 2.45) is 0 Å². The van der Waals surface area contributed by atoms with E-state index in [9.17, 15) is 4.79 Å². The SMILES string of the molecule is CC(C)NCCC(=O)N1CCCC1c1ccccc1. The van der Waals surface area contributed by atoms with Crippen LogP contribution >= 0.6 is 0 Å². The van der Waals surface area contributed by atoms with Crippen molar-refractivity contribution in [3.63, 3.8) is 0 Å². The first kappa shape index (κ1) is 14.1. The molecule has 0 spiro atoms. The highest BCUT2D eigenvalue weighted by molar-refractivity contribution is 5.77. The average Bonchev–Trinajstić information content (AvgIpc) is 2.88. The van der Waals surface area contributed by atoms with E-state index < -0.39 is 0 Å². The molecular weight excluding hydrogens is 236 g/mol. The van der Waals surface area contributed by atoms with Crippen LogP contribution in [0.1, 0.15) is 44.7 Å². The zero-order valence-corrected chi connectivity index (χ0v) is 11.9. The molecule has 1 aliphatic heterocycles. The lowest BCUT2D eigenvalue weighted by atomic mass is 10.0. The van der Waals surface area contributed by atoms with E-state index in [0.717, 1.165) is 25.9 Å². The van der Waals surface area contributed by atoms with Gasteiger partial charge in [0.15, 0.2) is 0 Å². The molecule has 1 heterocycles. The highest BCUT2D eigenvalue weighted by Crippen LogP contribution is 2.31. The first-order valence-electron chi connectivity index (χ1n) is 7.26. The number of amides is 1. The molecule has 1 amide bonds. The Morgan fingerprint density at radius 1 is 1.37 bits per heavy atom. The Kier molecular flexibility index (Phi) is 4.97. The summed E-state index contributed by atoms with van der Waals surface area (Å²) in [6.45, 7) is 5.88. The summed E-state index contributed by atoms with van der Waals surface area (Å²) in [6.07, 6.45) is 2.80. The summed E-state index contributed by atoms with van der Waals surface area (Å²) in [5, 5.41) is 3.31. The molecule has 0 aliphatic carbocycles. The van der Waals surface area contributed by atoms with Crippen molar-refractivity contribution >= 4 is 5.91 Å². The lowest BCUT2D eigenvalue weighted by Crippen LogP contribution is -2.34. The van der Waals surface area contributed by atoms with E-state index in [1.807, 2.05) is 6.07 Å². The molecule has 1 aliphatic rings. The Labute approximate surface area is 116 Å². The van der Waals surface area contributed by atoms with Crippen molar-refractivity contribution in [3.8, 4) is 0 Å². The molecule has 0 bridgehead atoms. The molecule has 3 nitrogen and oxygen atoms in total. The van der Waals surface area contributed by atoms with Crippen molar-refractivity contribution in [1.82, 2.24) is 10.2 Å². The molecule has 1 unspecified atom stereocenters. The number of nitrogens with one attached hydrogen (secondary N) is 1. The Morgan fingerprint density at radius 3 is 2.79 bits per heavy atom. The van der Waals surface area contributed by atoms with Crippen LogP contribution in [0.2, 0.25) is 0 Å². The molecule has 19 heavy (non-hydrogen) atoms. The quantitative estimate of drug-likeness (QED) is 0.883. The largest absolute Gasteiger partial charge is 0.336 e. The number of likely N-dealkylation sites (tertiary alicyclic amines) is 1. The van der Waals surface area contributed by atoms with Gasteiger partial charge in [0.2, 0.25) is 5.91 Å². The number of benzene rings is 1. The third kappa shape index (κ3) is 3.80. The van der Waals surface area contributed by atoms with Crippen LogP contribution in [0.5, 0.6) is 0 Å². The van der Waals surface area contributed by atoms with Crippen molar-refractivity contribution in [2.75, 3.05) is 13.1 Å². The number of carbonyl (C=O) groups is 1. The summed E-state index contributed by atoms with van der Waals surface area (Å²) in [6, 6.07) is 11.1. The van der Waals surface area contributed by atoms with Crippen molar-refractivity contribution < 1.29 is 4.79 Å². The molecule has 1 fully saturated rings. The van der Waals surface area contributed by atoms with Crippen LogP contribution < -0.4 is 5.32 Å². The first-order chi connectivity index (χ1) is 9.18. The minimum Gasteiger partial charge on any atom is -0.336 e. The second kappa shape index (κ2) is 6.71. The highest BCUT2D eigenvalue weighted by Gasteiger charge is 2.29. The van der Waals surface area contributed by atoms with Gasteiger partial charge in [-0.25, -0.2) is 0 Å². The second-order valence-electron chi connectivity index (χ2n) is 5.51. The molecule has 104 valence electrons. The van der Waals surface area contributed by atoms with Crippen LogP contribution in [0.4, 0.5) is 0 Å². The van der Waals surface area contributed by atoms with E-state index in [-0.39, 0.29) is 11.9 Å². The van der Waals surface area contributed by atoms with Gasteiger partial charge in [-0.15, -0.1) is 0 Å². The summed E-state index contributed by atoms with van der Waals surface area (Å²) in [7, 11) is 0. The summed E-state index contributed by atoms with van der Waals surface area (Å²) in [5.74, 6) is 0.277. The van der Waals surface area contributed by atoms with E-state index in [1.165, 1.54) is 5.56 Å². The average molecular weight is 260 g/mol. The van der Waals surface area contributed by atoms with Crippen LogP contribution in [0, 0.1) is 0 Å². The van der Waals surface area contributed by atoms with Gasteiger partial charge < -0.3 is 10.2 Å². The number of nitrogens with zero attached hydrogens (tertiary/aromatic N) is 1. The van der Waals surface area contributed by atoms with Gasteiger partial charge in [-0.2, -0.15) is 0 Å². The summed E-state index contributed by atoms with van der Waals surface area (Å²) in [5.41, 5.74) is 1.27. The van der Waals surface area contributed by atoms with Gasteiger partial charge in [0.05, 0.1) is 6.04 Å². The molecule has 1 aromatic rings. The van der Waals surface area contributed by atoms with Crippen LogP contribution in [0.25, 0.3) is 0 Å². The molecule has 1 aromatic carbocycles. The van der Waals surface area contributed by atoms with E-state index >= 15 is 0 Å². The topological polar surface area (TPSA) is 32.3 Å². The Balaban J connectivity index is 1.93. The van der Waals surface area contributed by atoms with E-state index in [0.29, 0.717) is 12.5 Å². The molecular formula is C16H24N2O. The number of hydrogen-bond acceptors (Lipinski definition) is 2. The van der Waals surface area contributed by atoms with Crippen molar-refractivity contribution in [3.05, 3.63) is 35.9 Å². The molecule has 2 rings (SSSR count).